The summed E-state index contributed by atoms with van der Waals surface area (Å²) in [5.74, 6) is 0.899. The van der Waals surface area contributed by atoms with Crippen LogP contribution in [0.25, 0.3) is 10.8 Å². The maximum atomic E-state index is 6.49. The second-order valence-electron chi connectivity index (χ2n) is 6.04. The van der Waals surface area contributed by atoms with Crippen LogP contribution in [-0.2, 0) is 4.74 Å². The van der Waals surface area contributed by atoms with E-state index in [2.05, 4.69) is 41.7 Å². The highest BCUT2D eigenvalue weighted by molar-refractivity contribution is 5.88. The minimum Gasteiger partial charge on any atom is -0.482 e. The van der Waals surface area contributed by atoms with E-state index in [0.29, 0.717) is 6.61 Å². The number of ether oxygens (including phenoxy) is 2. The summed E-state index contributed by atoms with van der Waals surface area (Å²) in [6.07, 6.45) is -0.134. The lowest BCUT2D eigenvalue weighted by molar-refractivity contribution is -0.0427. The van der Waals surface area contributed by atoms with Crippen LogP contribution in [0.1, 0.15) is 11.7 Å². The van der Waals surface area contributed by atoms with Crippen LogP contribution in [0, 0.1) is 0 Å². The molecule has 4 rings (SSSR count). The predicted molar refractivity (Wildman–Crippen MR) is 96.4 cm³/mol. The maximum Gasteiger partial charge on any atom is 0.151 e. The van der Waals surface area contributed by atoms with Crippen LogP contribution >= 0.6 is 0 Å². The number of hydrogen-bond donors (Lipinski definition) is 1. The summed E-state index contributed by atoms with van der Waals surface area (Å²) in [6.45, 7) is 2.41. The van der Waals surface area contributed by atoms with Crippen molar-refractivity contribution in [3.63, 3.8) is 0 Å². The van der Waals surface area contributed by atoms with Gasteiger partial charge in [0.05, 0.1) is 6.61 Å². The van der Waals surface area contributed by atoms with Crippen molar-refractivity contribution < 1.29 is 9.47 Å². The minimum atomic E-state index is -0.134. The van der Waals surface area contributed by atoms with Gasteiger partial charge in [-0.3, -0.25) is 0 Å². The van der Waals surface area contributed by atoms with Crippen molar-refractivity contribution in [1.82, 2.24) is 5.32 Å². The Hall–Kier alpha value is -2.36. The maximum absolute atomic E-state index is 6.49. The molecule has 1 fully saturated rings. The molecule has 0 aliphatic carbocycles. The van der Waals surface area contributed by atoms with E-state index in [-0.39, 0.29) is 12.2 Å². The summed E-state index contributed by atoms with van der Waals surface area (Å²) >= 11 is 0. The van der Waals surface area contributed by atoms with Gasteiger partial charge in [-0.1, -0.05) is 66.7 Å². The van der Waals surface area contributed by atoms with Gasteiger partial charge in [0.25, 0.3) is 0 Å². The highest BCUT2D eigenvalue weighted by Gasteiger charge is 2.28. The molecule has 0 aromatic heterocycles. The first-order valence-corrected chi connectivity index (χ1v) is 8.43. The standard InChI is InChI=1S/C21H21NO2/c1-2-8-17(9-3-1)21(20-15-22-13-14-23-20)24-19-12-6-10-16-7-4-5-11-18(16)19/h1-12,20-22H,13-15H2. The Labute approximate surface area is 142 Å². The number of hydrogen-bond acceptors (Lipinski definition) is 3. The van der Waals surface area contributed by atoms with Gasteiger partial charge in [0.1, 0.15) is 11.9 Å². The van der Waals surface area contributed by atoms with Crippen molar-refractivity contribution in [3.05, 3.63) is 78.4 Å². The number of morpholine rings is 1. The SMILES string of the molecule is c1ccc(C(Oc2cccc3ccccc23)C2CNCCO2)cc1. The molecule has 1 saturated heterocycles. The van der Waals surface area contributed by atoms with Crippen LogP contribution in [0.2, 0.25) is 0 Å². The Morgan fingerprint density at radius 3 is 2.54 bits per heavy atom. The predicted octanol–water partition coefficient (Wildman–Crippen LogP) is 3.95. The van der Waals surface area contributed by atoms with Crippen molar-refractivity contribution in [2.45, 2.75) is 12.2 Å². The molecule has 1 heterocycles. The second-order valence-corrected chi connectivity index (χ2v) is 6.04. The zero-order valence-electron chi connectivity index (χ0n) is 13.5. The molecule has 2 atom stereocenters. The fourth-order valence-electron chi connectivity index (χ4n) is 3.22. The summed E-state index contributed by atoms with van der Waals surface area (Å²) in [7, 11) is 0. The Bertz CT molecular complexity index is 792. The molecule has 1 N–H and O–H groups in total. The highest BCUT2D eigenvalue weighted by atomic mass is 16.5. The van der Waals surface area contributed by atoms with E-state index in [1.165, 1.54) is 5.39 Å². The smallest absolute Gasteiger partial charge is 0.151 e. The van der Waals surface area contributed by atoms with Crippen LogP contribution in [0.4, 0.5) is 0 Å². The fourth-order valence-corrected chi connectivity index (χ4v) is 3.22. The topological polar surface area (TPSA) is 30.5 Å². The zero-order valence-corrected chi connectivity index (χ0v) is 13.5. The van der Waals surface area contributed by atoms with Crippen LogP contribution in [-0.4, -0.2) is 25.8 Å². The Kier molecular flexibility index (Phi) is 4.45. The summed E-state index contributed by atoms with van der Waals surface area (Å²) in [5, 5.41) is 5.72. The van der Waals surface area contributed by atoms with Crippen molar-refractivity contribution in [2.75, 3.05) is 19.7 Å². The van der Waals surface area contributed by atoms with E-state index in [1.807, 2.05) is 36.4 Å². The summed E-state index contributed by atoms with van der Waals surface area (Å²) in [6, 6.07) is 24.8. The van der Waals surface area contributed by atoms with Crippen molar-refractivity contribution in [3.8, 4) is 5.75 Å². The molecule has 1 aliphatic heterocycles. The molecule has 3 heteroatoms. The van der Waals surface area contributed by atoms with Crippen molar-refractivity contribution in [1.29, 1.82) is 0 Å². The summed E-state index contributed by atoms with van der Waals surface area (Å²) < 4.78 is 12.5. The van der Waals surface area contributed by atoms with Crippen molar-refractivity contribution >= 4 is 10.8 Å². The van der Waals surface area contributed by atoms with E-state index >= 15 is 0 Å². The molecule has 3 nitrogen and oxygen atoms in total. The molecule has 0 saturated carbocycles. The lowest BCUT2D eigenvalue weighted by Gasteiger charge is -2.32. The first-order valence-electron chi connectivity index (χ1n) is 8.43. The van der Waals surface area contributed by atoms with Gasteiger partial charge in [0, 0.05) is 18.5 Å². The normalized spacial score (nSPS) is 19.1. The Morgan fingerprint density at radius 1 is 0.917 bits per heavy atom. The van der Waals surface area contributed by atoms with E-state index in [1.54, 1.807) is 0 Å². The third kappa shape index (κ3) is 3.14. The fraction of sp³-hybridized carbons (Fsp3) is 0.238. The highest BCUT2D eigenvalue weighted by Crippen LogP contribution is 2.32. The average molecular weight is 319 g/mol. The van der Waals surface area contributed by atoms with Gasteiger partial charge in [0.15, 0.2) is 6.10 Å². The van der Waals surface area contributed by atoms with Gasteiger partial charge >= 0.3 is 0 Å². The molecule has 1 aliphatic rings. The average Bonchev–Trinajstić information content (AvgIpc) is 2.67. The van der Waals surface area contributed by atoms with Crippen LogP contribution in [0.3, 0.4) is 0 Å². The molecule has 3 aromatic rings. The number of benzene rings is 3. The molecule has 122 valence electrons. The molecule has 0 amide bonds. The zero-order chi connectivity index (χ0) is 16.2. The third-order valence-electron chi connectivity index (χ3n) is 4.43. The van der Waals surface area contributed by atoms with Gasteiger partial charge in [-0.25, -0.2) is 0 Å². The molecular weight excluding hydrogens is 298 g/mol. The van der Waals surface area contributed by atoms with Gasteiger partial charge < -0.3 is 14.8 Å². The second kappa shape index (κ2) is 7.04. The van der Waals surface area contributed by atoms with Gasteiger partial charge in [-0.15, -0.1) is 0 Å². The molecule has 0 bridgehead atoms. The molecule has 24 heavy (non-hydrogen) atoms. The van der Waals surface area contributed by atoms with Gasteiger partial charge in [-0.2, -0.15) is 0 Å². The van der Waals surface area contributed by atoms with E-state index < -0.39 is 0 Å². The van der Waals surface area contributed by atoms with Crippen LogP contribution in [0.15, 0.2) is 72.8 Å². The number of rotatable bonds is 4. The van der Waals surface area contributed by atoms with Crippen LogP contribution in [0.5, 0.6) is 5.75 Å². The molecule has 0 radical (unpaired) electrons. The van der Waals surface area contributed by atoms with E-state index in [9.17, 15) is 0 Å². The number of nitrogens with one attached hydrogen (secondary N) is 1. The number of fused-ring (bicyclic) bond motifs is 1. The van der Waals surface area contributed by atoms with Crippen molar-refractivity contribution in [2.24, 2.45) is 0 Å². The summed E-state index contributed by atoms with van der Waals surface area (Å²) in [4.78, 5) is 0. The first-order chi connectivity index (χ1) is 11.9. The molecule has 3 aromatic carbocycles. The quantitative estimate of drug-likeness (QED) is 0.790. The van der Waals surface area contributed by atoms with E-state index in [4.69, 9.17) is 9.47 Å². The van der Waals surface area contributed by atoms with Gasteiger partial charge in [0.2, 0.25) is 0 Å². The van der Waals surface area contributed by atoms with Crippen LogP contribution < -0.4 is 10.1 Å². The Morgan fingerprint density at radius 2 is 1.71 bits per heavy atom. The first kappa shape index (κ1) is 15.2. The largest absolute Gasteiger partial charge is 0.482 e. The third-order valence-corrected chi connectivity index (χ3v) is 4.43. The van der Waals surface area contributed by atoms with Gasteiger partial charge in [-0.05, 0) is 17.0 Å². The Balaban J connectivity index is 1.70. The molecule has 0 spiro atoms. The minimum absolute atomic E-state index is 0.000110. The lowest BCUT2D eigenvalue weighted by Crippen LogP contribution is -2.43. The summed E-state index contributed by atoms with van der Waals surface area (Å²) in [5.41, 5.74) is 1.14. The monoisotopic (exact) mass is 319 g/mol. The van der Waals surface area contributed by atoms with E-state index in [0.717, 1.165) is 29.8 Å². The molecule has 2 unspecified atom stereocenters. The lowest BCUT2D eigenvalue weighted by atomic mass is 10.0. The molecular formula is C21H21NO2.